The van der Waals surface area contributed by atoms with Gasteiger partial charge in [-0.05, 0) is 23.6 Å². The number of carbonyl (C=O) groups is 1. The first-order valence-corrected chi connectivity index (χ1v) is 6.99. The summed E-state index contributed by atoms with van der Waals surface area (Å²) in [6, 6.07) is 14.9. The van der Waals surface area contributed by atoms with Crippen LogP contribution in [0.2, 0.25) is 0 Å². The minimum atomic E-state index is -0.504. The van der Waals surface area contributed by atoms with Gasteiger partial charge in [0.2, 0.25) is 0 Å². The van der Waals surface area contributed by atoms with Crippen LogP contribution in [0, 0.1) is 16.0 Å². The fourth-order valence-electron chi connectivity index (χ4n) is 2.13. The number of carbonyl (C=O) groups excluding carboxylic acids is 1. The fraction of sp³-hybridized carbons (Fsp3) is 0.235. The topological polar surface area (TPSA) is 69.4 Å². The third-order valence-electron chi connectivity index (χ3n) is 3.28. The van der Waals surface area contributed by atoms with Gasteiger partial charge in [0.1, 0.15) is 6.10 Å². The molecule has 0 unspecified atom stereocenters. The van der Waals surface area contributed by atoms with Crippen LogP contribution < -0.4 is 0 Å². The Morgan fingerprint density at radius 1 is 1.05 bits per heavy atom. The largest absolute Gasteiger partial charge is 0.454 e. The van der Waals surface area contributed by atoms with Crippen molar-refractivity contribution in [3.63, 3.8) is 0 Å². The highest BCUT2D eigenvalue weighted by atomic mass is 16.6. The molecular weight excluding hydrogens is 282 g/mol. The smallest absolute Gasteiger partial charge is 0.338 e. The van der Waals surface area contributed by atoms with E-state index in [9.17, 15) is 14.9 Å². The Morgan fingerprint density at radius 3 is 2.14 bits per heavy atom. The normalized spacial score (nSPS) is 12.0. The molecule has 0 spiro atoms. The molecule has 2 aromatic rings. The number of rotatable bonds is 5. The van der Waals surface area contributed by atoms with Crippen molar-refractivity contribution in [1.82, 2.24) is 0 Å². The summed E-state index contributed by atoms with van der Waals surface area (Å²) in [5.74, 6) is -0.373. The molecule has 0 bridgehead atoms. The second-order valence-electron chi connectivity index (χ2n) is 5.28. The van der Waals surface area contributed by atoms with Crippen molar-refractivity contribution >= 4 is 11.7 Å². The Balaban J connectivity index is 2.16. The zero-order valence-corrected chi connectivity index (χ0v) is 12.4. The molecule has 2 rings (SSSR count). The molecule has 114 valence electrons. The zero-order chi connectivity index (χ0) is 16.1. The van der Waals surface area contributed by atoms with Gasteiger partial charge < -0.3 is 4.74 Å². The van der Waals surface area contributed by atoms with Crippen molar-refractivity contribution in [2.75, 3.05) is 0 Å². The van der Waals surface area contributed by atoms with E-state index < -0.39 is 10.9 Å². The van der Waals surface area contributed by atoms with Crippen LogP contribution in [-0.2, 0) is 4.74 Å². The molecule has 0 N–H and O–H groups in total. The molecule has 1 atom stereocenters. The van der Waals surface area contributed by atoms with Gasteiger partial charge in [-0.2, -0.15) is 0 Å². The highest BCUT2D eigenvalue weighted by Gasteiger charge is 2.21. The van der Waals surface area contributed by atoms with Crippen molar-refractivity contribution in [3.8, 4) is 0 Å². The average molecular weight is 299 g/mol. The molecule has 22 heavy (non-hydrogen) atoms. The second kappa shape index (κ2) is 6.85. The van der Waals surface area contributed by atoms with E-state index in [1.807, 2.05) is 44.2 Å². The van der Waals surface area contributed by atoms with Crippen LogP contribution >= 0.6 is 0 Å². The van der Waals surface area contributed by atoms with Crippen LogP contribution in [0.4, 0.5) is 5.69 Å². The molecule has 0 aromatic heterocycles. The molecule has 0 saturated heterocycles. The molecule has 5 nitrogen and oxygen atoms in total. The van der Waals surface area contributed by atoms with Crippen LogP contribution in [0.1, 0.15) is 35.9 Å². The number of hydrogen-bond donors (Lipinski definition) is 0. The van der Waals surface area contributed by atoms with Crippen molar-refractivity contribution in [2.24, 2.45) is 5.92 Å². The van der Waals surface area contributed by atoms with E-state index in [-0.39, 0.29) is 17.7 Å². The number of nitro benzene ring substituents is 1. The summed E-state index contributed by atoms with van der Waals surface area (Å²) in [6.45, 7) is 3.95. The van der Waals surface area contributed by atoms with Crippen LogP contribution in [0.15, 0.2) is 54.6 Å². The van der Waals surface area contributed by atoms with Gasteiger partial charge >= 0.3 is 5.97 Å². The molecule has 0 heterocycles. The number of nitro groups is 1. The van der Waals surface area contributed by atoms with Gasteiger partial charge in [-0.3, -0.25) is 10.1 Å². The van der Waals surface area contributed by atoms with Gasteiger partial charge in [-0.25, -0.2) is 4.79 Å². The first-order chi connectivity index (χ1) is 10.5. The van der Waals surface area contributed by atoms with Gasteiger partial charge in [-0.1, -0.05) is 44.2 Å². The van der Waals surface area contributed by atoms with Gasteiger partial charge in [-0.15, -0.1) is 0 Å². The SMILES string of the molecule is CC(C)[C@H](OC(=O)c1ccc([N+](=O)[O-])cc1)c1ccccc1. The van der Waals surface area contributed by atoms with E-state index >= 15 is 0 Å². The molecule has 0 aliphatic carbocycles. The molecule has 0 fully saturated rings. The van der Waals surface area contributed by atoms with Crippen LogP contribution in [-0.4, -0.2) is 10.9 Å². The van der Waals surface area contributed by atoms with Gasteiger partial charge in [0, 0.05) is 12.1 Å². The average Bonchev–Trinajstić information content (AvgIpc) is 2.53. The predicted octanol–water partition coefficient (Wildman–Crippen LogP) is 4.15. The summed E-state index contributed by atoms with van der Waals surface area (Å²) in [4.78, 5) is 22.3. The van der Waals surface area contributed by atoms with E-state index in [0.717, 1.165) is 5.56 Å². The minimum Gasteiger partial charge on any atom is -0.454 e. The number of hydrogen-bond acceptors (Lipinski definition) is 4. The maximum Gasteiger partial charge on any atom is 0.338 e. The Bertz CT molecular complexity index is 650. The summed E-state index contributed by atoms with van der Waals surface area (Å²) < 4.78 is 5.58. The van der Waals surface area contributed by atoms with Gasteiger partial charge in [0.15, 0.2) is 0 Å². The highest BCUT2D eigenvalue weighted by Crippen LogP contribution is 2.27. The lowest BCUT2D eigenvalue weighted by atomic mass is 9.99. The number of non-ortho nitro benzene ring substituents is 1. The lowest BCUT2D eigenvalue weighted by molar-refractivity contribution is -0.384. The van der Waals surface area contributed by atoms with Gasteiger partial charge in [0.25, 0.3) is 5.69 Å². The highest BCUT2D eigenvalue weighted by molar-refractivity contribution is 5.89. The summed E-state index contributed by atoms with van der Waals surface area (Å²) in [6.07, 6.45) is -0.358. The van der Waals surface area contributed by atoms with Crippen molar-refractivity contribution in [3.05, 3.63) is 75.8 Å². The predicted molar refractivity (Wildman–Crippen MR) is 82.5 cm³/mol. The molecule has 0 radical (unpaired) electrons. The first-order valence-electron chi connectivity index (χ1n) is 6.99. The molecule has 5 heteroatoms. The fourth-order valence-corrected chi connectivity index (χ4v) is 2.13. The van der Waals surface area contributed by atoms with Gasteiger partial charge in [0.05, 0.1) is 10.5 Å². The Kier molecular flexibility index (Phi) is 4.88. The van der Waals surface area contributed by atoms with E-state index in [2.05, 4.69) is 0 Å². The maximum absolute atomic E-state index is 12.2. The number of nitrogens with zero attached hydrogens (tertiary/aromatic N) is 1. The van der Waals surface area contributed by atoms with E-state index in [4.69, 9.17) is 4.74 Å². The van der Waals surface area contributed by atoms with Crippen molar-refractivity contribution in [1.29, 1.82) is 0 Å². The third-order valence-corrected chi connectivity index (χ3v) is 3.28. The molecule has 2 aromatic carbocycles. The molecule has 0 aliphatic heterocycles. The van der Waals surface area contributed by atoms with Crippen LogP contribution in [0.3, 0.4) is 0 Å². The van der Waals surface area contributed by atoms with Crippen molar-refractivity contribution in [2.45, 2.75) is 20.0 Å². The zero-order valence-electron chi connectivity index (χ0n) is 12.4. The van der Waals surface area contributed by atoms with Crippen LogP contribution in [0.5, 0.6) is 0 Å². The van der Waals surface area contributed by atoms with E-state index in [0.29, 0.717) is 5.56 Å². The summed E-state index contributed by atoms with van der Waals surface area (Å²) >= 11 is 0. The Labute approximate surface area is 128 Å². The van der Waals surface area contributed by atoms with E-state index in [1.165, 1.54) is 24.3 Å². The minimum absolute atomic E-state index is 0.0555. The number of esters is 1. The Hall–Kier alpha value is -2.69. The lowest BCUT2D eigenvalue weighted by Crippen LogP contribution is -2.16. The molecule has 0 amide bonds. The number of ether oxygens (including phenoxy) is 1. The monoisotopic (exact) mass is 299 g/mol. The first kappa shape index (κ1) is 15.7. The molecular formula is C17H17NO4. The molecule has 0 aliphatic rings. The third kappa shape index (κ3) is 3.69. The second-order valence-corrected chi connectivity index (χ2v) is 5.28. The summed E-state index contributed by atoms with van der Waals surface area (Å²) in [5, 5.41) is 10.6. The lowest BCUT2D eigenvalue weighted by Gasteiger charge is -2.21. The van der Waals surface area contributed by atoms with Crippen molar-refractivity contribution < 1.29 is 14.5 Å². The molecule has 0 saturated carbocycles. The quantitative estimate of drug-likeness (QED) is 0.472. The summed E-state index contributed by atoms with van der Waals surface area (Å²) in [5.41, 5.74) is 1.17. The Morgan fingerprint density at radius 2 is 1.64 bits per heavy atom. The van der Waals surface area contributed by atoms with E-state index in [1.54, 1.807) is 0 Å². The van der Waals surface area contributed by atoms with Crippen LogP contribution in [0.25, 0.3) is 0 Å². The summed E-state index contributed by atoms with van der Waals surface area (Å²) in [7, 11) is 0. The standard InChI is InChI=1S/C17H17NO4/c1-12(2)16(13-6-4-3-5-7-13)22-17(19)14-8-10-15(11-9-14)18(20)21/h3-12,16H,1-2H3/t16-/m0/s1. The maximum atomic E-state index is 12.2. The number of benzene rings is 2.